The number of benzene rings is 1. The lowest BCUT2D eigenvalue weighted by atomic mass is 9.75. The van der Waals surface area contributed by atoms with E-state index in [1.54, 1.807) is 6.07 Å². The third-order valence-electron chi connectivity index (χ3n) is 5.20. The van der Waals surface area contributed by atoms with Gasteiger partial charge >= 0.3 is 5.97 Å². The number of carbonyl (C=O) groups excluding carboxylic acids is 1. The van der Waals surface area contributed by atoms with E-state index in [-0.39, 0.29) is 11.7 Å². The molecule has 0 heterocycles. The molecule has 0 spiro atoms. The van der Waals surface area contributed by atoms with Crippen LogP contribution in [0.3, 0.4) is 0 Å². The highest BCUT2D eigenvalue weighted by atomic mass is 19.2. The van der Waals surface area contributed by atoms with Crippen molar-refractivity contribution >= 4 is 5.97 Å². The molecule has 2 fully saturated rings. The second-order valence-corrected chi connectivity index (χ2v) is 5.98. The molecule has 0 aromatic heterocycles. The lowest BCUT2D eigenvalue weighted by Crippen LogP contribution is -2.31. The second-order valence-electron chi connectivity index (χ2n) is 5.98. The minimum atomic E-state index is -0.986. The number of ether oxygens (including phenoxy) is 2. The molecule has 0 N–H and O–H groups in total. The van der Waals surface area contributed by atoms with Gasteiger partial charge in [0, 0.05) is 11.0 Å². The smallest absolute Gasteiger partial charge is 0.312 e. The number of fused-ring (bicyclic) bond motifs is 1. The highest BCUT2D eigenvalue weighted by Gasteiger charge is 2.74. The predicted octanol–water partition coefficient (Wildman–Crippen LogP) is 3.35. The summed E-state index contributed by atoms with van der Waals surface area (Å²) in [7, 11) is 2.69. The van der Waals surface area contributed by atoms with Gasteiger partial charge in [-0.05, 0) is 25.3 Å². The van der Waals surface area contributed by atoms with Crippen molar-refractivity contribution in [2.75, 3.05) is 14.2 Å². The van der Waals surface area contributed by atoms with Gasteiger partial charge in [-0.1, -0.05) is 18.9 Å². The Labute approximate surface area is 122 Å². The Morgan fingerprint density at radius 3 is 2.57 bits per heavy atom. The Kier molecular flexibility index (Phi) is 3.19. The molecule has 3 nitrogen and oxygen atoms in total. The Hall–Kier alpha value is -1.65. The van der Waals surface area contributed by atoms with Gasteiger partial charge in [-0.3, -0.25) is 4.79 Å². The molecule has 0 radical (unpaired) electrons. The molecule has 5 heteroatoms. The summed E-state index contributed by atoms with van der Waals surface area (Å²) in [6.45, 7) is 0. The van der Waals surface area contributed by atoms with Gasteiger partial charge < -0.3 is 9.47 Å². The maximum Gasteiger partial charge on any atom is 0.312 e. The van der Waals surface area contributed by atoms with Crippen LogP contribution in [0.15, 0.2) is 12.1 Å². The zero-order valence-electron chi connectivity index (χ0n) is 12.2. The quantitative estimate of drug-likeness (QED) is 0.802. The highest BCUT2D eigenvalue weighted by Crippen LogP contribution is 2.73. The normalized spacial score (nSPS) is 30.5. The van der Waals surface area contributed by atoms with Crippen LogP contribution >= 0.6 is 0 Å². The third kappa shape index (κ3) is 1.72. The van der Waals surface area contributed by atoms with Gasteiger partial charge in [0.2, 0.25) is 5.82 Å². The first-order valence-corrected chi connectivity index (χ1v) is 7.13. The van der Waals surface area contributed by atoms with Crippen LogP contribution in [0.4, 0.5) is 8.78 Å². The summed E-state index contributed by atoms with van der Waals surface area (Å²) in [5.41, 5.74) is -0.482. The van der Waals surface area contributed by atoms with Crippen molar-refractivity contribution < 1.29 is 23.0 Å². The van der Waals surface area contributed by atoms with Crippen LogP contribution in [0.25, 0.3) is 0 Å². The summed E-state index contributed by atoms with van der Waals surface area (Å²) in [5, 5.41) is 0. The molecule has 1 aromatic rings. The van der Waals surface area contributed by atoms with Gasteiger partial charge in [0.05, 0.1) is 19.6 Å². The monoisotopic (exact) mass is 296 g/mol. The number of rotatable bonds is 3. The van der Waals surface area contributed by atoms with Crippen LogP contribution in [0, 0.1) is 17.0 Å². The minimum Gasteiger partial charge on any atom is -0.493 e. The van der Waals surface area contributed by atoms with E-state index >= 15 is 0 Å². The summed E-state index contributed by atoms with van der Waals surface area (Å²) in [6, 6.07) is 2.66. The summed E-state index contributed by atoms with van der Waals surface area (Å²) in [5.74, 6) is -2.26. The molecule has 1 aromatic carbocycles. The molecule has 2 aliphatic carbocycles. The van der Waals surface area contributed by atoms with E-state index < -0.39 is 22.5 Å². The summed E-state index contributed by atoms with van der Waals surface area (Å²) < 4.78 is 37.5. The van der Waals surface area contributed by atoms with Gasteiger partial charge in [0.25, 0.3) is 0 Å². The average molecular weight is 296 g/mol. The van der Waals surface area contributed by atoms with Gasteiger partial charge in [-0.15, -0.1) is 0 Å². The molecular formula is C16H18F2O3. The van der Waals surface area contributed by atoms with Crippen LogP contribution in [0.1, 0.15) is 37.7 Å². The second kappa shape index (κ2) is 4.68. The standard InChI is InChI=1S/C16H18F2O3/c1-20-13-10(5-6-11(17)12(13)18)15-7-3-4-8-16(15,9-15)14(19)21-2/h5-6H,3-4,7-9H2,1-2H3. The molecule has 21 heavy (non-hydrogen) atoms. The van der Waals surface area contributed by atoms with Crippen LogP contribution in [-0.2, 0) is 14.9 Å². The summed E-state index contributed by atoms with van der Waals surface area (Å²) in [4.78, 5) is 12.2. The number of halogens is 2. The molecule has 0 bridgehead atoms. The first kappa shape index (κ1) is 14.3. The fourth-order valence-corrected chi connectivity index (χ4v) is 4.14. The Balaban J connectivity index is 2.12. The third-order valence-corrected chi connectivity index (χ3v) is 5.20. The van der Waals surface area contributed by atoms with Crippen molar-refractivity contribution in [2.24, 2.45) is 5.41 Å². The maximum absolute atomic E-state index is 14.0. The Morgan fingerprint density at radius 2 is 1.90 bits per heavy atom. The van der Waals surface area contributed by atoms with E-state index in [1.807, 2.05) is 0 Å². The topological polar surface area (TPSA) is 35.5 Å². The highest BCUT2D eigenvalue weighted by molar-refractivity contribution is 5.85. The van der Waals surface area contributed by atoms with Crippen molar-refractivity contribution in [3.63, 3.8) is 0 Å². The molecule has 2 unspecified atom stereocenters. The van der Waals surface area contributed by atoms with Crippen LogP contribution in [0.5, 0.6) is 5.75 Å². The number of hydrogen-bond acceptors (Lipinski definition) is 3. The minimum absolute atomic E-state index is 0.0809. The number of carbonyl (C=O) groups is 1. The summed E-state index contributed by atoms with van der Waals surface area (Å²) in [6.07, 6.45) is 4.02. The molecule has 114 valence electrons. The predicted molar refractivity (Wildman–Crippen MR) is 72.1 cm³/mol. The first-order valence-electron chi connectivity index (χ1n) is 7.13. The molecule has 2 saturated carbocycles. The van der Waals surface area contributed by atoms with E-state index in [0.717, 1.165) is 31.7 Å². The fourth-order valence-electron chi connectivity index (χ4n) is 4.14. The number of hydrogen-bond donors (Lipinski definition) is 0. The van der Waals surface area contributed by atoms with Crippen molar-refractivity contribution in [3.05, 3.63) is 29.3 Å². The van der Waals surface area contributed by atoms with Gasteiger partial charge in [-0.25, -0.2) is 4.39 Å². The van der Waals surface area contributed by atoms with E-state index in [1.165, 1.54) is 14.2 Å². The van der Waals surface area contributed by atoms with Crippen LogP contribution in [0.2, 0.25) is 0 Å². The first-order chi connectivity index (χ1) is 10.0. The largest absolute Gasteiger partial charge is 0.493 e. The molecular weight excluding hydrogens is 278 g/mol. The Bertz CT molecular complexity index is 601. The zero-order valence-corrected chi connectivity index (χ0v) is 12.2. The fraction of sp³-hybridized carbons (Fsp3) is 0.562. The van der Waals surface area contributed by atoms with E-state index in [2.05, 4.69) is 0 Å². The Morgan fingerprint density at radius 1 is 1.19 bits per heavy atom. The molecule has 0 amide bonds. The zero-order chi connectivity index (χ0) is 15.3. The molecule has 0 saturated heterocycles. The lowest BCUT2D eigenvalue weighted by molar-refractivity contribution is -0.149. The van der Waals surface area contributed by atoms with Crippen LogP contribution in [-0.4, -0.2) is 20.2 Å². The van der Waals surface area contributed by atoms with Gasteiger partial charge in [-0.2, -0.15) is 4.39 Å². The number of methoxy groups -OCH3 is 2. The SMILES string of the molecule is COC(=O)C12CCCCC1(c1ccc(F)c(F)c1OC)C2. The van der Waals surface area contributed by atoms with Crippen molar-refractivity contribution in [2.45, 2.75) is 37.5 Å². The molecule has 3 rings (SSSR count). The van der Waals surface area contributed by atoms with Crippen LogP contribution < -0.4 is 4.74 Å². The van der Waals surface area contributed by atoms with Crippen molar-refractivity contribution in [1.82, 2.24) is 0 Å². The van der Waals surface area contributed by atoms with Gasteiger partial charge in [0.1, 0.15) is 0 Å². The van der Waals surface area contributed by atoms with Crippen molar-refractivity contribution in [1.29, 1.82) is 0 Å². The lowest BCUT2D eigenvalue weighted by Gasteiger charge is -2.30. The number of esters is 1. The molecule has 2 aliphatic rings. The summed E-state index contributed by atoms with van der Waals surface area (Å²) >= 11 is 0. The van der Waals surface area contributed by atoms with E-state index in [4.69, 9.17) is 9.47 Å². The van der Waals surface area contributed by atoms with Crippen molar-refractivity contribution in [3.8, 4) is 5.75 Å². The average Bonchev–Trinajstić information content (AvgIpc) is 3.20. The maximum atomic E-state index is 14.0. The van der Waals surface area contributed by atoms with Gasteiger partial charge in [0.15, 0.2) is 11.6 Å². The molecule has 2 atom stereocenters. The van der Waals surface area contributed by atoms with E-state index in [0.29, 0.717) is 12.0 Å². The molecule has 0 aliphatic heterocycles. The van der Waals surface area contributed by atoms with E-state index in [9.17, 15) is 13.6 Å².